The number of nitrogens with one attached hydrogen (secondary N) is 2. The van der Waals surface area contributed by atoms with Crippen molar-refractivity contribution in [2.24, 2.45) is 0 Å². The van der Waals surface area contributed by atoms with Crippen LogP contribution in [0.2, 0.25) is 5.15 Å². The summed E-state index contributed by atoms with van der Waals surface area (Å²) in [6.45, 7) is 3.35. The molecule has 1 aliphatic rings. The lowest BCUT2D eigenvalue weighted by Crippen LogP contribution is -2.30. The zero-order chi connectivity index (χ0) is 22.6. The number of imidazole rings is 1. The molecule has 7 nitrogen and oxygen atoms in total. The summed E-state index contributed by atoms with van der Waals surface area (Å²) in [6, 6.07) is 14.3. The lowest BCUT2D eigenvalue weighted by Gasteiger charge is -2.25. The normalized spacial score (nSPS) is 15.2. The number of morpholine rings is 1. The van der Waals surface area contributed by atoms with Crippen LogP contribution in [0.25, 0.3) is 55.1 Å². The van der Waals surface area contributed by atoms with E-state index in [1.54, 1.807) is 24.3 Å². The second kappa shape index (κ2) is 7.95. The molecule has 0 amide bonds. The molecule has 2 aromatic carbocycles. The molecule has 2 N–H and O–H groups in total. The van der Waals surface area contributed by atoms with E-state index in [4.69, 9.17) is 21.3 Å². The van der Waals surface area contributed by atoms with Gasteiger partial charge in [-0.25, -0.2) is 9.29 Å². The Hall–Kier alpha value is -3.17. The summed E-state index contributed by atoms with van der Waals surface area (Å²) in [5, 5.41) is 3.55. The van der Waals surface area contributed by atoms with Crippen molar-refractivity contribution in [1.82, 2.24) is 29.2 Å². The van der Waals surface area contributed by atoms with Crippen molar-refractivity contribution in [3.63, 3.8) is 0 Å². The molecule has 7 rings (SSSR count). The number of fused-ring (bicyclic) bond motifs is 7. The van der Waals surface area contributed by atoms with Crippen molar-refractivity contribution in [1.29, 1.82) is 0 Å². The molecule has 0 radical (unpaired) electrons. The quantitative estimate of drug-likeness (QED) is 0.243. The number of H-pyrrole nitrogens is 2. The predicted molar refractivity (Wildman–Crippen MR) is 137 cm³/mol. The van der Waals surface area contributed by atoms with Crippen LogP contribution in [0.3, 0.4) is 0 Å². The van der Waals surface area contributed by atoms with E-state index >= 15 is 0 Å². The molecule has 0 atom stereocenters. The maximum Gasteiger partial charge on any atom is 0.142 e. The van der Waals surface area contributed by atoms with Crippen LogP contribution in [0.1, 0.15) is 0 Å². The highest BCUT2D eigenvalue weighted by Crippen LogP contribution is 2.39. The van der Waals surface area contributed by atoms with Crippen LogP contribution in [0.4, 0.5) is 0 Å². The second-order valence-electron chi connectivity index (χ2n) is 8.26. The molecule has 1 aliphatic heterocycles. The van der Waals surface area contributed by atoms with Crippen molar-refractivity contribution < 1.29 is 4.74 Å². The molecule has 6 aromatic rings. The second-order valence-corrected chi connectivity index (χ2v) is 9.81. The molecule has 34 heavy (non-hydrogen) atoms. The first-order valence-corrected chi connectivity index (χ1v) is 12.2. The average Bonchev–Trinajstić information content (AvgIpc) is 3.45. The van der Waals surface area contributed by atoms with E-state index in [2.05, 4.69) is 48.5 Å². The standard InChI is InChI=1S/C25H19ClN6OS/c26-24-19(17-13-14(5-6-18(17)29-24)34-32-9-11-33-12-10-32)25-30-22-15-3-1-7-27-20(15)21-16(23(22)31-25)4-2-8-28-21/h1-8,13,29H,9-12H2,(H,30,31). The van der Waals surface area contributed by atoms with Gasteiger partial charge in [-0.3, -0.25) is 9.97 Å². The van der Waals surface area contributed by atoms with Crippen LogP contribution >= 0.6 is 23.5 Å². The van der Waals surface area contributed by atoms with Crippen LogP contribution in [-0.2, 0) is 4.74 Å². The minimum Gasteiger partial charge on any atom is -0.379 e. The van der Waals surface area contributed by atoms with E-state index in [0.717, 1.165) is 86.3 Å². The smallest absolute Gasteiger partial charge is 0.142 e. The Morgan fingerprint density at radius 1 is 0.882 bits per heavy atom. The number of hydrogen-bond acceptors (Lipinski definition) is 6. The molecule has 0 bridgehead atoms. The number of pyridine rings is 2. The fraction of sp³-hybridized carbons (Fsp3) is 0.160. The van der Waals surface area contributed by atoms with Crippen LogP contribution in [0.15, 0.2) is 59.8 Å². The first kappa shape index (κ1) is 20.2. The Balaban J connectivity index is 1.43. The van der Waals surface area contributed by atoms with Crippen molar-refractivity contribution >= 4 is 67.3 Å². The third-order valence-corrected chi connectivity index (χ3v) is 7.61. The van der Waals surface area contributed by atoms with Gasteiger partial charge in [0.05, 0.1) is 40.8 Å². The molecule has 0 saturated carbocycles. The topological polar surface area (TPSA) is 82.7 Å². The van der Waals surface area contributed by atoms with Crippen molar-refractivity contribution in [3.8, 4) is 11.4 Å². The van der Waals surface area contributed by atoms with Gasteiger partial charge in [0.25, 0.3) is 0 Å². The van der Waals surface area contributed by atoms with Gasteiger partial charge < -0.3 is 14.7 Å². The summed E-state index contributed by atoms with van der Waals surface area (Å²) < 4.78 is 7.81. The molecule has 0 aliphatic carbocycles. The van der Waals surface area contributed by atoms with E-state index in [0.29, 0.717) is 5.15 Å². The van der Waals surface area contributed by atoms with Gasteiger partial charge in [0, 0.05) is 52.1 Å². The number of aromatic amines is 2. The van der Waals surface area contributed by atoms with Crippen LogP contribution < -0.4 is 0 Å². The maximum atomic E-state index is 6.74. The van der Waals surface area contributed by atoms with E-state index in [1.807, 2.05) is 18.2 Å². The van der Waals surface area contributed by atoms with E-state index in [-0.39, 0.29) is 0 Å². The maximum absolute atomic E-state index is 6.74. The fourth-order valence-corrected chi connectivity index (χ4v) is 5.90. The SMILES string of the molecule is Clc1[nH]c2ccc(SN3CCOCC3)cc2c1-c1nc2c3cccnc3c3ncccc3c2[nH]1. The summed E-state index contributed by atoms with van der Waals surface area (Å²) in [5.74, 6) is 0.723. The molecule has 1 saturated heterocycles. The highest BCUT2D eigenvalue weighted by molar-refractivity contribution is 7.97. The number of hydrogen-bond donors (Lipinski definition) is 2. The van der Waals surface area contributed by atoms with Crippen LogP contribution in [0.5, 0.6) is 0 Å². The van der Waals surface area contributed by atoms with Gasteiger partial charge in [0.15, 0.2) is 0 Å². The predicted octanol–water partition coefficient (Wildman–Crippen LogP) is 5.80. The minimum absolute atomic E-state index is 0.562. The number of rotatable bonds is 3. The number of halogens is 1. The van der Waals surface area contributed by atoms with Gasteiger partial charge in [-0.2, -0.15) is 0 Å². The molecule has 1 fully saturated rings. The van der Waals surface area contributed by atoms with E-state index in [9.17, 15) is 0 Å². The van der Waals surface area contributed by atoms with Crippen molar-refractivity contribution in [2.75, 3.05) is 26.3 Å². The Labute approximate surface area is 203 Å². The highest BCUT2D eigenvalue weighted by atomic mass is 35.5. The highest BCUT2D eigenvalue weighted by Gasteiger charge is 2.20. The Kier molecular flexibility index (Phi) is 4.73. The summed E-state index contributed by atoms with van der Waals surface area (Å²) in [4.78, 5) is 22.3. The third-order valence-electron chi connectivity index (χ3n) is 6.23. The third kappa shape index (κ3) is 3.18. The molecular weight excluding hydrogens is 468 g/mol. The van der Waals surface area contributed by atoms with Gasteiger partial charge in [-0.1, -0.05) is 11.6 Å². The molecule has 168 valence electrons. The lowest BCUT2D eigenvalue weighted by molar-refractivity contribution is 0.0773. The number of aromatic nitrogens is 5. The van der Waals surface area contributed by atoms with Gasteiger partial charge >= 0.3 is 0 Å². The lowest BCUT2D eigenvalue weighted by atomic mass is 10.1. The Morgan fingerprint density at radius 3 is 2.47 bits per heavy atom. The largest absolute Gasteiger partial charge is 0.379 e. The van der Waals surface area contributed by atoms with Gasteiger partial charge in [-0.15, -0.1) is 0 Å². The van der Waals surface area contributed by atoms with Crippen molar-refractivity contribution in [2.45, 2.75) is 4.90 Å². The molecule has 5 heterocycles. The number of ether oxygens (including phenoxy) is 1. The molecule has 0 spiro atoms. The van der Waals surface area contributed by atoms with Gasteiger partial charge in [0.2, 0.25) is 0 Å². The van der Waals surface area contributed by atoms with Gasteiger partial charge in [-0.05, 0) is 54.4 Å². The van der Waals surface area contributed by atoms with Crippen LogP contribution in [0, 0.1) is 0 Å². The van der Waals surface area contributed by atoms with Crippen molar-refractivity contribution in [3.05, 3.63) is 60.0 Å². The number of benzene rings is 2. The Bertz CT molecular complexity index is 1630. The summed E-state index contributed by atoms with van der Waals surface area (Å²) in [7, 11) is 0. The zero-order valence-electron chi connectivity index (χ0n) is 18.0. The minimum atomic E-state index is 0.562. The first-order chi connectivity index (χ1) is 16.8. The number of nitrogens with zero attached hydrogens (tertiary/aromatic N) is 4. The van der Waals surface area contributed by atoms with Crippen LogP contribution in [-0.4, -0.2) is 55.5 Å². The van der Waals surface area contributed by atoms with E-state index in [1.165, 1.54) is 0 Å². The molecule has 4 aromatic heterocycles. The summed E-state index contributed by atoms with van der Waals surface area (Å²) >= 11 is 8.49. The summed E-state index contributed by atoms with van der Waals surface area (Å²) in [6.07, 6.45) is 3.59. The van der Waals surface area contributed by atoms with E-state index < -0.39 is 0 Å². The Morgan fingerprint density at radius 2 is 1.65 bits per heavy atom. The molecule has 9 heteroatoms. The average molecular weight is 487 g/mol. The summed E-state index contributed by atoms with van der Waals surface area (Å²) in [5.41, 5.74) is 5.34. The molecular formula is C25H19ClN6OS. The fourth-order valence-electron chi connectivity index (χ4n) is 4.68. The zero-order valence-corrected chi connectivity index (χ0v) is 19.6. The first-order valence-electron chi connectivity index (χ1n) is 11.1. The monoisotopic (exact) mass is 486 g/mol. The van der Waals surface area contributed by atoms with Gasteiger partial charge in [0.1, 0.15) is 11.0 Å². The molecule has 0 unspecified atom stereocenters.